The summed E-state index contributed by atoms with van der Waals surface area (Å²) in [6, 6.07) is 6.21. The Balaban J connectivity index is 1.97. The first-order chi connectivity index (χ1) is 9.16. The topological polar surface area (TPSA) is 33.4 Å². The van der Waals surface area contributed by atoms with Crippen molar-refractivity contribution in [3.05, 3.63) is 35.1 Å². The number of benzene rings is 1. The molecule has 2 aromatic rings. The van der Waals surface area contributed by atoms with Crippen molar-refractivity contribution in [2.45, 2.75) is 52.1 Å². The molecule has 1 heterocycles. The maximum Gasteiger partial charge on any atom is 0.136 e. The maximum absolute atomic E-state index is 10.6. The Kier molecular flexibility index (Phi) is 3.36. The van der Waals surface area contributed by atoms with Gasteiger partial charge in [-0.05, 0) is 44.7 Å². The fourth-order valence-electron chi connectivity index (χ4n) is 3.30. The Labute approximate surface area is 114 Å². The summed E-state index contributed by atoms with van der Waals surface area (Å²) < 4.78 is 5.92. The van der Waals surface area contributed by atoms with Gasteiger partial charge < -0.3 is 9.52 Å². The van der Waals surface area contributed by atoms with Crippen LogP contribution in [0.15, 0.2) is 22.6 Å². The molecule has 2 nitrogen and oxygen atoms in total. The van der Waals surface area contributed by atoms with Gasteiger partial charge in [0.15, 0.2) is 0 Å². The molecular formula is C17H22O2. The lowest BCUT2D eigenvalue weighted by molar-refractivity contribution is 0.0661. The van der Waals surface area contributed by atoms with Crippen LogP contribution in [0.25, 0.3) is 11.0 Å². The highest BCUT2D eigenvalue weighted by atomic mass is 16.4. The summed E-state index contributed by atoms with van der Waals surface area (Å²) in [6.07, 6.45) is 5.59. The minimum Gasteiger partial charge on any atom is -0.458 e. The van der Waals surface area contributed by atoms with Crippen LogP contribution in [0.3, 0.4) is 0 Å². The minimum atomic E-state index is -0.437. The molecule has 1 saturated carbocycles. The molecule has 2 heteroatoms. The molecule has 1 aromatic carbocycles. The number of hydrogen-bond acceptors (Lipinski definition) is 2. The molecule has 19 heavy (non-hydrogen) atoms. The average molecular weight is 258 g/mol. The van der Waals surface area contributed by atoms with Gasteiger partial charge in [-0.1, -0.05) is 30.9 Å². The van der Waals surface area contributed by atoms with E-state index in [1.165, 1.54) is 24.8 Å². The van der Waals surface area contributed by atoms with Crippen LogP contribution in [0.4, 0.5) is 0 Å². The van der Waals surface area contributed by atoms with Crippen LogP contribution < -0.4 is 0 Å². The fourth-order valence-corrected chi connectivity index (χ4v) is 3.30. The molecule has 0 bridgehead atoms. The van der Waals surface area contributed by atoms with Gasteiger partial charge in [-0.2, -0.15) is 0 Å². The first-order valence-electron chi connectivity index (χ1n) is 7.34. The Morgan fingerprint density at radius 3 is 2.63 bits per heavy atom. The van der Waals surface area contributed by atoms with E-state index in [-0.39, 0.29) is 0 Å². The molecule has 0 spiro atoms. The van der Waals surface area contributed by atoms with Crippen LogP contribution in [-0.2, 0) is 0 Å². The molecular weight excluding hydrogens is 236 g/mol. The van der Waals surface area contributed by atoms with Gasteiger partial charge in [0.2, 0.25) is 0 Å². The second-order valence-corrected chi connectivity index (χ2v) is 5.93. The van der Waals surface area contributed by atoms with Crippen molar-refractivity contribution in [2.24, 2.45) is 5.92 Å². The molecule has 0 amide bonds. The van der Waals surface area contributed by atoms with Gasteiger partial charge in [0, 0.05) is 10.9 Å². The largest absolute Gasteiger partial charge is 0.458 e. The summed E-state index contributed by atoms with van der Waals surface area (Å²) in [5.74, 6) is 1.15. The predicted octanol–water partition coefficient (Wildman–Crippen LogP) is 4.66. The number of aliphatic hydroxyl groups is 1. The Hall–Kier alpha value is -1.28. The summed E-state index contributed by atoms with van der Waals surface area (Å²) >= 11 is 0. The molecule has 0 aliphatic heterocycles. The summed E-state index contributed by atoms with van der Waals surface area (Å²) in [7, 11) is 0. The van der Waals surface area contributed by atoms with Crippen molar-refractivity contribution in [3.63, 3.8) is 0 Å². The van der Waals surface area contributed by atoms with E-state index in [4.69, 9.17) is 4.42 Å². The first-order valence-corrected chi connectivity index (χ1v) is 7.34. The van der Waals surface area contributed by atoms with Gasteiger partial charge in [0.05, 0.1) is 0 Å². The highest BCUT2D eigenvalue weighted by Gasteiger charge is 2.27. The van der Waals surface area contributed by atoms with Gasteiger partial charge in [0.1, 0.15) is 17.4 Å². The molecule has 1 aliphatic carbocycles. The predicted molar refractivity (Wildman–Crippen MR) is 77.2 cm³/mol. The highest BCUT2D eigenvalue weighted by Crippen LogP contribution is 2.38. The zero-order valence-electron chi connectivity index (χ0n) is 11.8. The third-order valence-corrected chi connectivity index (χ3v) is 4.49. The Morgan fingerprint density at radius 2 is 1.89 bits per heavy atom. The number of fused-ring (bicyclic) bond motifs is 1. The minimum absolute atomic E-state index is 0.370. The number of aryl methyl sites for hydroxylation is 2. The zero-order valence-corrected chi connectivity index (χ0v) is 11.8. The lowest BCUT2D eigenvalue weighted by Crippen LogP contribution is -2.16. The average Bonchev–Trinajstić information content (AvgIpc) is 2.76. The number of rotatable bonds is 2. The third kappa shape index (κ3) is 2.30. The quantitative estimate of drug-likeness (QED) is 0.849. The second kappa shape index (κ2) is 5.01. The summed E-state index contributed by atoms with van der Waals surface area (Å²) in [4.78, 5) is 0. The van der Waals surface area contributed by atoms with Crippen LogP contribution in [0, 0.1) is 19.8 Å². The van der Waals surface area contributed by atoms with Crippen molar-refractivity contribution >= 4 is 11.0 Å². The highest BCUT2D eigenvalue weighted by molar-refractivity contribution is 5.82. The van der Waals surface area contributed by atoms with E-state index >= 15 is 0 Å². The number of hydrogen-bond donors (Lipinski definition) is 1. The number of aliphatic hydroxyl groups excluding tert-OH is 1. The van der Waals surface area contributed by atoms with Crippen molar-refractivity contribution in [1.82, 2.24) is 0 Å². The lowest BCUT2D eigenvalue weighted by Gasteiger charge is -2.25. The normalized spacial score (nSPS) is 18.9. The molecule has 1 atom stereocenters. The summed E-state index contributed by atoms with van der Waals surface area (Å²) in [6.45, 7) is 4.15. The van der Waals surface area contributed by atoms with Crippen LogP contribution in [0.2, 0.25) is 0 Å². The van der Waals surface area contributed by atoms with Gasteiger partial charge in [-0.25, -0.2) is 0 Å². The van der Waals surface area contributed by atoms with Gasteiger partial charge in [-0.15, -0.1) is 0 Å². The third-order valence-electron chi connectivity index (χ3n) is 4.49. The van der Waals surface area contributed by atoms with E-state index in [1.807, 2.05) is 6.07 Å². The van der Waals surface area contributed by atoms with Crippen LogP contribution in [0.1, 0.15) is 55.1 Å². The Morgan fingerprint density at radius 1 is 1.16 bits per heavy atom. The first kappa shape index (κ1) is 12.7. The van der Waals surface area contributed by atoms with Crippen LogP contribution in [0.5, 0.6) is 0 Å². The van der Waals surface area contributed by atoms with Crippen molar-refractivity contribution < 1.29 is 9.52 Å². The van der Waals surface area contributed by atoms with E-state index in [0.717, 1.165) is 35.1 Å². The van der Waals surface area contributed by atoms with E-state index in [9.17, 15) is 5.11 Å². The van der Waals surface area contributed by atoms with E-state index < -0.39 is 6.10 Å². The molecule has 102 valence electrons. The van der Waals surface area contributed by atoms with Crippen molar-refractivity contribution in [3.8, 4) is 0 Å². The Bertz CT molecular complexity index is 576. The molecule has 3 rings (SSSR count). The monoisotopic (exact) mass is 258 g/mol. The van der Waals surface area contributed by atoms with Crippen LogP contribution in [-0.4, -0.2) is 5.11 Å². The van der Waals surface area contributed by atoms with Gasteiger partial charge in [-0.3, -0.25) is 0 Å². The molecule has 0 radical (unpaired) electrons. The lowest BCUT2D eigenvalue weighted by atomic mass is 9.84. The molecule has 1 aromatic heterocycles. The second-order valence-electron chi connectivity index (χ2n) is 5.93. The smallest absolute Gasteiger partial charge is 0.136 e. The number of furan rings is 1. The zero-order chi connectivity index (χ0) is 13.4. The SMILES string of the molecule is Cc1ccc2oc(C(O)C3CCCCC3)c(C)c2c1. The van der Waals surface area contributed by atoms with Crippen molar-refractivity contribution in [1.29, 1.82) is 0 Å². The standard InChI is InChI=1S/C17H22O2/c1-11-8-9-15-14(10-11)12(2)17(19-15)16(18)13-6-4-3-5-7-13/h8-10,13,16,18H,3-7H2,1-2H3. The molecule has 1 unspecified atom stereocenters. The van der Waals surface area contributed by atoms with Crippen LogP contribution >= 0.6 is 0 Å². The van der Waals surface area contributed by atoms with Gasteiger partial charge in [0.25, 0.3) is 0 Å². The molecule has 1 fully saturated rings. The summed E-state index contributed by atoms with van der Waals surface area (Å²) in [5, 5.41) is 11.7. The molecule has 0 saturated heterocycles. The van der Waals surface area contributed by atoms with E-state index in [2.05, 4.69) is 26.0 Å². The van der Waals surface area contributed by atoms with Gasteiger partial charge >= 0.3 is 0 Å². The molecule has 1 aliphatic rings. The van der Waals surface area contributed by atoms with E-state index in [0.29, 0.717) is 5.92 Å². The molecule has 1 N–H and O–H groups in total. The fraction of sp³-hybridized carbons (Fsp3) is 0.529. The van der Waals surface area contributed by atoms with Crippen molar-refractivity contribution in [2.75, 3.05) is 0 Å². The van der Waals surface area contributed by atoms with E-state index in [1.54, 1.807) is 0 Å². The maximum atomic E-state index is 10.6. The summed E-state index contributed by atoms with van der Waals surface area (Å²) in [5.41, 5.74) is 3.24.